The van der Waals surface area contributed by atoms with Crippen molar-refractivity contribution in [3.05, 3.63) is 36.2 Å². The number of carbonyl (C=O) groups excluding carboxylic acids is 1. The number of anilines is 1. The summed E-state index contributed by atoms with van der Waals surface area (Å²) in [5.41, 5.74) is 0.135. The Hall–Kier alpha value is -3.17. The van der Waals surface area contributed by atoms with Crippen LogP contribution in [0, 0.1) is 0 Å². The maximum absolute atomic E-state index is 12.5. The summed E-state index contributed by atoms with van der Waals surface area (Å²) >= 11 is 0. The Morgan fingerprint density at radius 3 is 2.56 bits per heavy atom. The van der Waals surface area contributed by atoms with Crippen LogP contribution in [0.1, 0.15) is 16.6 Å². The van der Waals surface area contributed by atoms with E-state index < -0.39 is 50.8 Å². The second kappa shape index (κ2) is 9.23. The minimum absolute atomic E-state index is 0.0506. The lowest BCUT2D eigenvalue weighted by atomic mass is 10.1. The third kappa shape index (κ3) is 4.85. The van der Waals surface area contributed by atoms with Gasteiger partial charge >= 0.3 is 7.82 Å². The van der Waals surface area contributed by atoms with Crippen LogP contribution in [-0.4, -0.2) is 82.6 Å². The van der Waals surface area contributed by atoms with Crippen LogP contribution in [0.3, 0.4) is 0 Å². The van der Waals surface area contributed by atoms with Gasteiger partial charge in [0.15, 0.2) is 17.4 Å². The molecule has 1 amide bonds. The van der Waals surface area contributed by atoms with Crippen molar-refractivity contribution in [1.82, 2.24) is 19.5 Å². The van der Waals surface area contributed by atoms with Gasteiger partial charge in [0.1, 0.15) is 24.1 Å². The van der Waals surface area contributed by atoms with Crippen LogP contribution >= 0.6 is 7.82 Å². The van der Waals surface area contributed by atoms with E-state index in [9.17, 15) is 24.7 Å². The summed E-state index contributed by atoms with van der Waals surface area (Å²) in [6, 6.07) is 6.20. The van der Waals surface area contributed by atoms with E-state index >= 15 is 0 Å². The minimum Gasteiger partial charge on any atom is -0.497 e. The Labute approximate surface area is 190 Å². The third-order valence-corrected chi connectivity index (χ3v) is 5.48. The van der Waals surface area contributed by atoms with Gasteiger partial charge in [-0.25, -0.2) is 9.55 Å². The van der Waals surface area contributed by atoms with E-state index in [1.807, 2.05) is 0 Å². The highest BCUT2D eigenvalue weighted by atomic mass is 31.2. The summed E-state index contributed by atoms with van der Waals surface area (Å²) in [5, 5.41) is 33.3. The molecular weight excluding hydrogens is 477 g/mol. The summed E-state index contributed by atoms with van der Waals surface area (Å²) in [4.78, 5) is 42.1. The molecular formula is C18H20N5O10P. The number of imidazole rings is 1. The summed E-state index contributed by atoms with van der Waals surface area (Å²) in [7, 11) is -3.35. The van der Waals surface area contributed by atoms with Gasteiger partial charge in [-0.05, 0) is 24.3 Å². The Kier molecular flexibility index (Phi) is 6.51. The van der Waals surface area contributed by atoms with Gasteiger partial charge in [0.2, 0.25) is 11.8 Å². The van der Waals surface area contributed by atoms with Gasteiger partial charge in [-0.15, -0.1) is 0 Å². The zero-order valence-corrected chi connectivity index (χ0v) is 18.3. The lowest BCUT2D eigenvalue weighted by Gasteiger charge is -2.17. The molecule has 0 spiro atoms. The average Bonchev–Trinajstić information content (AvgIpc) is 3.33. The first kappa shape index (κ1) is 24.0. The molecule has 0 aliphatic carbocycles. The summed E-state index contributed by atoms with van der Waals surface area (Å²) in [6.07, 6.45) is -4.54. The molecule has 182 valence electrons. The van der Waals surface area contributed by atoms with Crippen LogP contribution in [-0.2, 0) is 13.8 Å². The van der Waals surface area contributed by atoms with Crippen LogP contribution in [0.4, 0.5) is 5.95 Å². The number of rotatable bonds is 7. The number of methoxy groups -OCH3 is 1. The number of carbonyl (C=O) groups is 1. The number of aliphatic hydroxyl groups excluding tert-OH is 2. The lowest BCUT2D eigenvalue weighted by molar-refractivity contribution is -0.0503. The Morgan fingerprint density at radius 2 is 1.91 bits per heavy atom. The maximum Gasteiger partial charge on any atom is 0.469 e. The molecule has 6 N–H and O–H groups in total. The van der Waals surface area contributed by atoms with Crippen molar-refractivity contribution in [2.24, 2.45) is 0 Å². The molecule has 0 bridgehead atoms. The van der Waals surface area contributed by atoms with Gasteiger partial charge in [-0.3, -0.25) is 19.2 Å². The highest BCUT2D eigenvalue weighted by Crippen LogP contribution is 2.39. The number of aromatic nitrogens is 4. The van der Waals surface area contributed by atoms with E-state index in [2.05, 4.69) is 24.8 Å². The number of nitrogens with zero attached hydrogens (tertiary/aromatic N) is 4. The van der Waals surface area contributed by atoms with Crippen molar-refractivity contribution in [3.63, 3.8) is 0 Å². The monoisotopic (exact) mass is 497 g/mol. The molecule has 1 aromatic carbocycles. The van der Waals surface area contributed by atoms with E-state index in [1.54, 1.807) is 12.1 Å². The number of phosphoric acid groups is 1. The zero-order chi connectivity index (χ0) is 24.6. The van der Waals surface area contributed by atoms with E-state index in [0.717, 1.165) is 6.33 Å². The van der Waals surface area contributed by atoms with Gasteiger partial charge in [0.05, 0.1) is 20.0 Å². The fraction of sp³-hybridized carbons (Fsp3) is 0.333. The zero-order valence-electron chi connectivity index (χ0n) is 17.4. The molecule has 1 saturated heterocycles. The van der Waals surface area contributed by atoms with E-state index in [1.165, 1.54) is 23.8 Å². The third-order valence-electron chi connectivity index (χ3n) is 5.00. The quantitative estimate of drug-likeness (QED) is 0.228. The first-order valence-corrected chi connectivity index (χ1v) is 11.2. The lowest BCUT2D eigenvalue weighted by Crippen LogP contribution is -2.33. The SMILES string of the molecule is COc1ccc(C(=O)Nc2nc(O)c3ncn([C@@H]4O[C@H](COP(=O)(O)O)[C@H](O)[C@H]4O)c3n2)cc1. The molecule has 0 unspecified atom stereocenters. The smallest absolute Gasteiger partial charge is 0.469 e. The van der Waals surface area contributed by atoms with Crippen LogP contribution in [0.15, 0.2) is 30.6 Å². The Balaban J connectivity index is 1.59. The fourth-order valence-electron chi connectivity index (χ4n) is 3.33. The number of benzene rings is 1. The number of amides is 1. The molecule has 4 atom stereocenters. The van der Waals surface area contributed by atoms with Crippen molar-refractivity contribution in [2.75, 3.05) is 19.0 Å². The van der Waals surface area contributed by atoms with Crippen molar-refractivity contribution >= 4 is 30.8 Å². The highest BCUT2D eigenvalue weighted by Gasteiger charge is 2.45. The van der Waals surface area contributed by atoms with Crippen molar-refractivity contribution < 1.29 is 48.5 Å². The first-order valence-electron chi connectivity index (χ1n) is 9.68. The summed E-state index contributed by atoms with van der Waals surface area (Å²) < 4.78 is 27.0. The number of phosphoric ester groups is 1. The first-order chi connectivity index (χ1) is 16.1. The molecule has 1 aliphatic heterocycles. The Morgan fingerprint density at radius 1 is 1.21 bits per heavy atom. The van der Waals surface area contributed by atoms with Crippen molar-refractivity contribution in [1.29, 1.82) is 0 Å². The topological polar surface area (TPSA) is 219 Å². The van der Waals surface area contributed by atoms with E-state index in [4.69, 9.17) is 19.3 Å². The molecule has 3 aromatic rings. The van der Waals surface area contributed by atoms with E-state index in [-0.39, 0.29) is 22.7 Å². The second-order valence-electron chi connectivity index (χ2n) is 7.21. The van der Waals surface area contributed by atoms with Gasteiger partial charge in [0, 0.05) is 5.56 Å². The Bertz CT molecular complexity index is 1250. The number of aromatic hydroxyl groups is 1. The van der Waals surface area contributed by atoms with Gasteiger partial charge < -0.3 is 34.6 Å². The standard InChI is InChI=1S/C18H20N5O10P/c1-31-9-4-2-8(3-5-9)15(26)21-18-20-14-11(16(27)22-18)19-7-23(14)17-13(25)12(24)10(33-17)6-32-34(28,29)30/h2-5,7,10,12-13,17,24-25H,6H2,1H3,(H2,28,29,30)(H2,20,21,22,26,27)/t10-,12+,13-,17-/m1/s1. The maximum atomic E-state index is 12.5. The van der Waals surface area contributed by atoms with Crippen molar-refractivity contribution in [2.45, 2.75) is 24.5 Å². The van der Waals surface area contributed by atoms with Gasteiger partial charge in [-0.2, -0.15) is 9.97 Å². The molecule has 0 saturated carbocycles. The number of ether oxygens (including phenoxy) is 2. The molecule has 4 rings (SSSR count). The molecule has 1 aliphatic rings. The average molecular weight is 497 g/mol. The van der Waals surface area contributed by atoms with Crippen LogP contribution in [0.2, 0.25) is 0 Å². The predicted molar refractivity (Wildman–Crippen MR) is 112 cm³/mol. The molecule has 1 fully saturated rings. The molecule has 16 heteroatoms. The van der Waals surface area contributed by atoms with Crippen LogP contribution < -0.4 is 10.1 Å². The largest absolute Gasteiger partial charge is 0.497 e. The normalized spacial score (nSPS) is 22.7. The minimum atomic E-state index is -4.83. The van der Waals surface area contributed by atoms with Gasteiger partial charge in [-0.1, -0.05) is 0 Å². The van der Waals surface area contributed by atoms with Crippen LogP contribution in [0.5, 0.6) is 11.6 Å². The summed E-state index contributed by atoms with van der Waals surface area (Å²) in [6.45, 7) is -0.699. The van der Waals surface area contributed by atoms with E-state index in [0.29, 0.717) is 5.75 Å². The number of nitrogens with one attached hydrogen (secondary N) is 1. The molecule has 3 heterocycles. The fourth-order valence-corrected chi connectivity index (χ4v) is 3.67. The number of hydrogen-bond acceptors (Lipinski definition) is 11. The van der Waals surface area contributed by atoms with Crippen LogP contribution in [0.25, 0.3) is 11.2 Å². The van der Waals surface area contributed by atoms with Crippen molar-refractivity contribution in [3.8, 4) is 11.6 Å². The number of fused-ring (bicyclic) bond motifs is 1. The highest BCUT2D eigenvalue weighted by molar-refractivity contribution is 7.46. The predicted octanol–water partition coefficient (Wildman–Crippen LogP) is -0.479. The summed E-state index contributed by atoms with van der Waals surface area (Å²) in [5.74, 6) is -0.863. The van der Waals surface area contributed by atoms with Gasteiger partial charge in [0.25, 0.3) is 5.91 Å². The molecule has 2 aromatic heterocycles. The second-order valence-corrected chi connectivity index (χ2v) is 8.45. The molecule has 0 radical (unpaired) electrons. The number of hydrogen-bond donors (Lipinski definition) is 6. The molecule has 15 nitrogen and oxygen atoms in total. The molecule has 34 heavy (non-hydrogen) atoms. The number of aliphatic hydroxyl groups is 2.